The molecule has 0 saturated carbocycles. The molecular weight excluding hydrogens is 374 g/mol. The summed E-state index contributed by atoms with van der Waals surface area (Å²) in [5.41, 5.74) is 4.35. The molecule has 0 fully saturated rings. The van der Waals surface area contributed by atoms with Crippen molar-refractivity contribution in [3.8, 4) is 16.9 Å². The molecule has 0 aromatic heterocycles. The number of hydrogen-bond acceptors (Lipinski definition) is 4. The van der Waals surface area contributed by atoms with Gasteiger partial charge in [0.15, 0.2) is 11.1 Å². The SMILES string of the molecule is CCCOc1c(-c2ccc(S(=O)OC)cc2)ccc(C)c1CCC(C)NC=O. The summed E-state index contributed by atoms with van der Waals surface area (Å²) in [5.74, 6) is 0.890. The highest BCUT2D eigenvalue weighted by atomic mass is 32.2. The third-order valence-electron chi connectivity index (χ3n) is 4.63. The monoisotopic (exact) mass is 403 g/mol. The molecule has 0 aliphatic rings. The van der Waals surface area contributed by atoms with E-state index in [0.717, 1.165) is 48.1 Å². The Labute approximate surface area is 170 Å². The molecule has 0 spiro atoms. The van der Waals surface area contributed by atoms with Crippen LogP contribution in [0.25, 0.3) is 11.1 Å². The molecule has 1 N–H and O–H groups in total. The lowest BCUT2D eigenvalue weighted by molar-refractivity contribution is -0.110. The molecule has 0 heterocycles. The zero-order valence-corrected chi connectivity index (χ0v) is 17.8. The third-order valence-corrected chi connectivity index (χ3v) is 5.59. The molecule has 0 aliphatic carbocycles. The molecule has 6 heteroatoms. The first kappa shape index (κ1) is 22.1. The Hall–Kier alpha value is -2.18. The van der Waals surface area contributed by atoms with E-state index >= 15 is 0 Å². The van der Waals surface area contributed by atoms with Crippen LogP contribution < -0.4 is 10.1 Å². The first-order chi connectivity index (χ1) is 13.5. The van der Waals surface area contributed by atoms with Crippen LogP contribution in [0.4, 0.5) is 0 Å². The Kier molecular flexibility index (Phi) is 8.67. The van der Waals surface area contributed by atoms with Gasteiger partial charge in [0.1, 0.15) is 5.75 Å². The minimum absolute atomic E-state index is 0.0999. The lowest BCUT2D eigenvalue weighted by Crippen LogP contribution is -2.24. The van der Waals surface area contributed by atoms with Crippen molar-refractivity contribution in [1.82, 2.24) is 5.32 Å². The Morgan fingerprint density at radius 3 is 2.50 bits per heavy atom. The summed E-state index contributed by atoms with van der Waals surface area (Å²) in [6, 6.07) is 11.8. The van der Waals surface area contributed by atoms with Crippen LogP contribution in [0, 0.1) is 6.92 Å². The summed E-state index contributed by atoms with van der Waals surface area (Å²) >= 11 is -1.45. The second kappa shape index (κ2) is 11.0. The van der Waals surface area contributed by atoms with E-state index in [2.05, 4.69) is 31.3 Å². The predicted molar refractivity (Wildman–Crippen MR) is 113 cm³/mol. The summed E-state index contributed by atoms with van der Waals surface area (Å²) in [4.78, 5) is 11.3. The molecule has 2 aromatic carbocycles. The molecule has 5 nitrogen and oxygen atoms in total. The maximum atomic E-state index is 11.8. The number of nitrogens with one attached hydrogen (secondary N) is 1. The predicted octanol–water partition coefficient (Wildman–Crippen LogP) is 4.19. The highest BCUT2D eigenvalue weighted by Gasteiger charge is 2.16. The largest absolute Gasteiger partial charge is 0.493 e. The van der Waals surface area contributed by atoms with Gasteiger partial charge in [-0.1, -0.05) is 31.2 Å². The fourth-order valence-electron chi connectivity index (χ4n) is 3.04. The molecule has 2 rings (SSSR count). The summed E-state index contributed by atoms with van der Waals surface area (Å²) < 4.78 is 22.9. The van der Waals surface area contributed by atoms with E-state index in [1.165, 1.54) is 12.7 Å². The van der Waals surface area contributed by atoms with Gasteiger partial charge in [-0.25, -0.2) is 4.21 Å². The first-order valence-electron chi connectivity index (χ1n) is 9.53. The molecule has 2 atom stereocenters. The van der Waals surface area contributed by atoms with Crippen molar-refractivity contribution < 1.29 is 17.9 Å². The van der Waals surface area contributed by atoms with Crippen molar-refractivity contribution in [2.75, 3.05) is 13.7 Å². The van der Waals surface area contributed by atoms with Gasteiger partial charge < -0.3 is 10.1 Å². The van der Waals surface area contributed by atoms with Crippen LogP contribution in [-0.2, 0) is 26.5 Å². The van der Waals surface area contributed by atoms with E-state index in [1.807, 2.05) is 31.2 Å². The summed E-state index contributed by atoms with van der Waals surface area (Å²) in [6.07, 6.45) is 3.30. The molecule has 0 bridgehead atoms. The number of carbonyl (C=O) groups is 1. The van der Waals surface area contributed by atoms with Crippen molar-refractivity contribution in [2.24, 2.45) is 0 Å². The van der Waals surface area contributed by atoms with Crippen LogP contribution in [0.5, 0.6) is 5.75 Å². The highest BCUT2D eigenvalue weighted by molar-refractivity contribution is 7.80. The normalized spacial score (nSPS) is 13.0. The smallest absolute Gasteiger partial charge is 0.207 e. The lowest BCUT2D eigenvalue weighted by atomic mass is 9.94. The fraction of sp³-hybridized carbons (Fsp3) is 0.409. The summed E-state index contributed by atoms with van der Waals surface area (Å²) in [5, 5.41) is 2.80. The number of hydrogen-bond donors (Lipinski definition) is 1. The zero-order valence-electron chi connectivity index (χ0n) is 17.0. The fourth-order valence-corrected chi connectivity index (χ4v) is 3.59. The number of aryl methyl sites for hydroxylation is 1. The van der Waals surface area contributed by atoms with Gasteiger partial charge >= 0.3 is 0 Å². The van der Waals surface area contributed by atoms with Crippen molar-refractivity contribution in [3.63, 3.8) is 0 Å². The van der Waals surface area contributed by atoms with Gasteiger partial charge in [-0.2, -0.15) is 0 Å². The second-order valence-electron chi connectivity index (χ2n) is 6.74. The van der Waals surface area contributed by atoms with Crippen molar-refractivity contribution in [3.05, 3.63) is 47.5 Å². The van der Waals surface area contributed by atoms with Crippen LogP contribution in [0.2, 0.25) is 0 Å². The minimum atomic E-state index is -1.45. The quantitative estimate of drug-likeness (QED) is 0.572. The number of carbonyl (C=O) groups excluding carboxylic acids is 1. The average Bonchev–Trinajstić information content (AvgIpc) is 2.71. The molecule has 2 unspecified atom stereocenters. The van der Waals surface area contributed by atoms with Crippen LogP contribution in [0.15, 0.2) is 41.3 Å². The van der Waals surface area contributed by atoms with E-state index in [-0.39, 0.29) is 6.04 Å². The number of benzene rings is 2. The van der Waals surface area contributed by atoms with Gasteiger partial charge in [0.2, 0.25) is 6.41 Å². The molecule has 28 heavy (non-hydrogen) atoms. The zero-order chi connectivity index (χ0) is 20.5. The van der Waals surface area contributed by atoms with E-state index < -0.39 is 11.1 Å². The minimum Gasteiger partial charge on any atom is -0.493 e. The number of rotatable bonds is 11. The van der Waals surface area contributed by atoms with Crippen molar-refractivity contribution in [2.45, 2.75) is 51.0 Å². The van der Waals surface area contributed by atoms with Crippen molar-refractivity contribution >= 4 is 17.5 Å². The Bertz CT molecular complexity index is 805. The van der Waals surface area contributed by atoms with Crippen LogP contribution in [-0.4, -0.2) is 30.4 Å². The summed E-state index contributed by atoms with van der Waals surface area (Å²) in [7, 11) is 1.42. The van der Waals surface area contributed by atoms with Crippen LogP contribution in [0.3, 0.4) is 0 Å². The van der Waals surface area contributed by atoms with E-state index in [1.54, 1.807) is 0 Å². The standard InChI is InChI=1S/C22H29NO4S/c1-5-14-27-22-20(13-7-17(3)23-15-24)16(2)6-12-21(22)18-8-10-19(11-9-18)28(25)26-4/h6,8-12,15,17H,5,7,13-14H2,1-4H3,(H,23,24). The number of amides is 1. The topological polar surface area (TPSA) is 64.6 Å². The first-order valence-corrected chi connectivity index (χ1v) is 10.6. The molecule has 1 amide bonds. The van der Waals surface area contributed by atoms with E-state index in [4.69, 9.17) is 8.92 Å². The second-order valence-corrected chi connectivity index (χ2v) is 8.01. The van der Waals surface area contributed by atoms with Gasteiger partial charge in [-0.3, -0.25) is 8.98 Å². The van der Waals surface area contributed by atoms with Gasteiger partial charge in [-0.15, -0.1) is 0 Å². The van der Waals surface area contributed by atoms with Gasteiger partial charge in [0.05, 0.1) is 18.6 Å². The maximum Gasteiger partial charge on any atom is 0.207 e. The number of ether oxygens (including phenoxy) is 1. The molecule has 0 aliphatic heterocycles. The van der Waals surface area contributed by atoms with Crippen molar-refractivity contribution in [1.29, 1.82) is 0 Å². The van der Waals surface area contributed by atoms with Crippen LogP contribution in [0.1, 0.15) is 37.8 Å². The molecule has 0 saturated heterocycles. The van der Waals surface area contributed by atoms with E-state index in [9.17, 15) is 9.00 Å². The Balaban J connectivity index is 2.41. The molecular formula is C22H29NO4S. The van der Waals surface area contributed by atoms with E-state index in [0.29, 0.717) is 11.5 Å². The van der Waals surface area contributed by atoms with Crippen LogP contribution >= 0.6 is 0 Å². The van der Waals surface area contributed by atoms with Gasteiger partial charge in [0.25, 0.3) is 0 Å². The summed E-state index contributed by atoms with van der Waals surface area (Å²) in [6.45, 7) is 6.80. The Morgan fingerprint density at radius 2 is 1.89 bits per heavy atom. The Morgan fingerprint density at radius 1 is 1.18 bits per heavy atom. The van der Waals surface area contributed by atoms with Gasteiger partial charge in [-0.05, 0) is 61.9 Å². The maximum absolute atomic E-state index is 11.8. The molecule has 0 radical (unpaired) electrons. The molecule has 2 aromatic rings. The molecule has 152 valence electrons. The highest BCUT2D eigenvalue weighted by Crippen LogP contribution is 2.36. The third kappa shape index (κ3) is 5.66. The average molecular weight is 404 g/mol. The van der Waals surface area contributed by atoms with Gasteiger partial charge in [0, 0.05) is 11.6 Å². The lowest BCUT2D eigenvalue weighted by Gasteiger charge is -2.19.